The lowest BCUT2D eigenvalue weighted by Crippen LogP contribution is -2.04. The van der Waals surface area contributed by atoms with Crippen LogP contribution in [0.2, 0.25) is 0 Å². The van der Waals surface area contributed by atoms with Crippen LogP contribution < -0.4 is 10.1 Å². The van der Waals surface area contributed by atoms with Crippen molar-refractivity contribution in [3.8, 4) is 11.5 Å². The van der Waals surface area contributed by atoms with Gasteiger partial charge in [-0.25, -0.2) is 0 Å². The second-order valence-electron chi connectivity index (χ2n) is 4.75. The standard InChI is InChI=1S/C17H17NO2/c1-12-15-10-14(19-13-6-4-3-5-7-13)8-9-16(15)20-17(12)11-18-2/h3-10,18H,11H2,1-2H3. The summed E-state index contributed by atoms with van der Waals surface area (Å²) in [7, 11) is 1.91. The first-order valence-electron chi connectivity index (χ1n) is 6.67. The third-order valence-corrected chi connectivity index (χ3v) is 3.32. The normalized spacial score (nSPS) is 10.9. The average molecular weight is 267 g/mol. The van der Waals surface area contributed by atoms with Gasteiger partial charge >= 0.3 is 0 Å². The summed E-state index contributed by atoms with van der Waals surface area (Å²) < 4.78 is 11.7. The maximum atomic E-state index is 5.85. The van der Waals surface area contributed by atoms with Crippen molar-refractivity contribution < 1.29 is 9.15 Å². The van der Waals surface area contributed by atoms with Gasteiger partial charge in [0.2, 0.25) is 0 Å². The van der Waals surface area contributed by atoms with Gasteiger partial charge in [-0.1, -0.05) is 18.2 Å². The van der Waals surface area contributed by atoms with Crippen LogP contribution in [-0.2, 0) is 6.54 Å². The van der Waals surface area contributed by atoms with Crippen LogP contribution in [0.25, 0.3) is 11.0 Å². The van der Waals surface area contributed by atoms with E-state index in [1.165, 1.54) is 0 Å². The number of aryl methyl sites for hydroxylation is 1. The van der Waals surface area contributed by atoms with E-state index >= 15 is 0 Å². The fraction of sp³-hybridized carbons (Fsp3) is 0.176. The van der Waals surface area contributed by atoms with E-state index in [9.17, 15) is 0 Å². The predicted octanol–water partition coefficient (Wildman–Crippen LogP) is 4.25. The summed E-state index contributed by atoms with van der Waals surface area (Å²) in [6.45, 7) is 2.81. The van der Waals surface area contributed by atoms with Gasteiger partial charge in [0, 0.05) is 5.39 Å². The van der Waals surface area contributed by atoms with E-state index in [4.69, 9.17) is 9.15 Å². The van der Waals surface area contributed by atoms with Gasteiger partial charge in [-0.3, -0.25) is 0 Å². The zero-order chi connectivity index (χ0) is 13.9. The zero-order valence-electron chi connectivity index (χ0n) is 11.6. The third kappa shape index (κ3) is 2.40. The van der Waals surface area contributed by atoms with E-state index in [0.717, 1.165) is 40.3 Å². The number of furan rings is 1. The van der Waals surface area contributed by atoms with Crippen molar-refractivity contribution in [3.05, 3.63) is 59.9 Å². The number of benzene rings is 2. The van der Waals surface area contributed by atoms with Gasteiger partial charge in [-0.2, -0.15) is 0 Å². The minimum atomic E-state index is 0.732. The van der Waals surface area contributed by atoms with E-state index in [2.05, 4.69) is 12.2 Å². The molecule has 0 spiro atoms. The van der Waals surface area contributed by atoms with Crippen LogP contribution in [0.5, 0.6) is 11.5 Å². The zero-order valence-corrected chi connectivity index (χ0v) is 11.6. The molecule has 0 amide bonds. The molecule has 3 heteroatoms. The summed E-state index contributed by atoms with van der Waals surface area (Å²) in [6, 6.07) is 15.7. The molecule has 3 rings (SSSR count). The minimum Gasteiger partial charge on any atom is -0.459 e. The molecule has 0 fully saturated rings. The van der Waals surface area contributed by atoms with Gasteiger partial charge in [0.25, 0.3) is 0 Å². The van der Waals surface area contributed by atoms with Gasteiger partial charge in [0.05, 0.1) is 6.54 Å². The Bertz CT molecular complexity index is 716. The number of nitrogens with one attached hydrogen (secondary N) is 1. The van der Waals surface area contributed by atoms with Crippen molar-refractivity contribution in [2.24, 2.45) is 0 Å². The molecule has 0 bridgehead atoms. The molecule has 0 saturated carbocycles. The van der Waals surface area contributed by atoms with E-state index in [1.807, 2.05) is 55.6 Å². The highest BCUT2D eigenvalue weighted by Crippen LogP contribution is 2.30. The predicted molar refractivity (Wildman–Crippen MR) is 80.2 cm³/mol. The van der Waals surface area contributed by atoms with Crippen LogP contribution in [0.15, 0.2) is 52.9 Å². The summed E-state index contributed by atoms with van der Waals surface area (Å²) in [5, 5.41) is 4.22. The second-order valence-corrected chi connectivity index (χ2v) is 4.75. The number of hydrogen-bond donors (Lipinski definition) is 1. The first kappa shape index (κ1) is 12.8. The number of hydrogen-bond acceptors (Lipinski definition) is 3. The van der Waals surface area contributed by atoms with Crippen LogP contribution in [0.3, 0.4) is 0 Å². The number of rotatable bonds is 4. The van der Waals surface area contributed by atoms with Crippen molar-refractivity contribution in [1.29, 1.82) is 0 Å². The van der Waals surface area contributed by atoms with E-state index in [1.54, 1.807) is 0 Å². The molecule has 0 unspecified atom stereocenters. The lowest BCUT2D eigenvalue weighted by Gasteiger charge is -2.05. The summed E-state index contributed by atoms with van der Waals surface area (Å²) in [4.78, 5) is 0. The molecule has 0 saturated heterocycles. The van der Waals surface area contributed by atoms with Crippen LogP contribution in [0.1, 0.15) is 11.3 Å². The Morgan fingerprint density at radius 2 is 1.85 bits per heavy atom. The van der Waals surface area contributed by atoms with Crippen LogP contribution in [0.4, 0.5) is 0 Å². The molecule has 1 heterocycles. The summed E-state index contributed by atoms with van der Waals surface area (Å²) in [6.07, 6.45) is 0. The molecule has 20 heavy (non-hydrogen) atoms. The van der Waals surface area contributed by atoms with Gasteiger partial charge < -0.3 is 14.5 Å². The largest absolute Gasteiger partial charge is 0.459 e. The molecule has 1 N–H and O–H groups in total. The topological polar surface area (TPSA) is 34.4 Å². The third-order valence-electron chi connectivity index (χ3n) is 3.32. The van der Waals surface area contributed by atoms with Crippen LogP contribution >= 0.6 is 0 Å². The first-order valence-corrected chi connectivity index (χ1v) is 6.67. The Morgan fingerprint density at radius 1 is 1.05 bits per heavy atom. The number of ether oxygens (including phenoxy) is 1. The summed E-state index contributed by atoms with van der Waals surface area (Å²) >= 11 is 0. The molecule has 1 aromatic heterocycles. The van der Waals surface area contributed by atoms with Crippen molar-refractivity contribution in [3.63, 3.8) is 0 Å². The highest BCUT2D eigenvalue weighted by Gasteiger charge is 2.10. The minimum absolute atomic E-state index is 0.732. The van der Waals surface area contributed by atoms with Crippen molar-refractivity contribution in [2.45, 2.75) is 13.5 Å². The molecule has 2 aromatic carbocycles. The maximum Gasteiger partial charge on any atom is 0.134 e. The summed E-state index contributed by atoms with van der Waals surface area (Å²) in [5.41, 5.74) is 2.06. The molecule has 0 aliphatic heterocycles. The summed E-state index contributed by atoms with van der Waals surface area (Å²) in [5.74, 6) is 2.63. The quantitative estimate of drug-likeness (QED) is 0.767. The first-order chi connectivity index (χ1) is 9.78. The smallest absolute Gasteiger partial charge is 0.134 e. The molecule has 3 nitrogen and oxygen atoms in total. The molecular weight excluding hydrogens is 250 g/mol. The van der Waals surface area contributed by atoms with E-state index in [-0.39, 0.29) is 0 Å². The molecule has 0 aliphatic rings. The molecule has 0 radical (unpaired) electrons. The fourth-order valence-electron chi connectivity index (χ4n) is 2.27. The van der Waals surface area contributed by atoms with Gasteiger partial charge in [-0.05, 0) is 49.9 Å². The Labute approximate surface area is 118 Å². The van der Waals surface area contributed by atoms with E-state index in [0.29, 0.717) is 0 Å². The molecule has 3 aromatic rings. The molecule has 0 aliphatic carbocycles. The second kappa shape index (κ2) is 5.39. The molecule has 0 atom stereocenters. The van der Waals surface area contributed by atoms with Crippen molar-refractivity contribution in [1.82, 2.24) is 5.32 Å². The Kier molecular flexibility index (Phi) is 3.44. The highest BCUT2D eigenvalue weighted by atomic mass is 16.5. The SMILES string of the molecule is CNCc1oc2ccc(Oc3ccccc3)cc2c1C. The highest BCUT2D eigenvalue weighted by molar-refractivity contribution is 5.83. The van der Waals surface area contributed by atoms with E-state index < -0.39 is 0 Å². The van der Waals surface area contributed by atoms with Gasteiger partial charge in [-0.15, -0.1) is 0 Å². The average Bonchev–Trinajstić information content (AvgIpc) is 2.77. The Morgan fingerprint density at radius 3 is 2.60 bits per heavy atom. The molecular formula is C17H17NO2. The Hall–Kier alpha value is -2.26. The maximum absolute atomic E-state index is 5.85. The lowest BCUT2D eigenvalue weighted by molar-refractivity contribution is 0.483. The lowest BCUT2D eigenvalue weighted by atomic mass is 10.1. The van der Waals surface area contributed by atoms with Gasteiger partial charge in [0.15, 0.2) is 0 Å². The van der Waals surface area contributed by atoms with Crippen molar-refractivity contribution in [2.75, 3.05) is 7.05 Å². The number of fused-ring (bicyclic) bond motifs is 1. The van der Waals surface area contributed by atoms with Crippen LogP contribution in [0, 0.1) is 6.92 Å². The number of para-hydroxylation sites is 1. The van der Waals surface area contributed by atoms with Gasteiger partial charge in [0.1, 0.15) is 22.8 Å². The van der Waals surface area contributed by atoms with Crippen LogP contribution in [-0.4, -0.2) is 7.05 Å². The Balaban J connectivity index is 1.96. The monoisotopic (exact) mass is 267 g/mol. The van der Waals surface area contributed by atoms with Crippen molar-refractivity contribution >= 4 is 11.0 Å². The fourth-order valence-corrected chi connectivity index (χ4v) is 2.27. The molecule has 102 valence electrons.